The van der Waals surface area contributed by atoms with Gasteiger partial charge in [0.25, 0.3) is 0 Å². The topological polar surface area (TPSA) is 82.4 Å². The van der Waals surface area contributed by atoms with Crippen LogP contribution in [0.2, 0.25) is 0 Å². The Morgan fingerprint density at radius 2 is 2.38 bits per heavy atom. The minimum absolute atomic E-state index is 0.187. The normalized spacial score (nSPS) is 19.0. The number of anilines is 1. The fraction of sp³-hybridized carbons (Fsp3) is 0.538. The number of rotatable bonds is 3. The van der Waals surface area contributed by atoms with Gasteiger partial charge in [0.05, 0.1) is 37.8 Å². The van der Waals surface area contributed by atoms with E-state index in [1.165, 1.54) is 13.4 Å². The van der Waals surface area contributed by atoms with Gasteiger partial charge < -0.3 is 14.4 Å². The molecule has 1 unspecified atom stereocenters. The van der Waals surface area contributed by atoms with Crippen LogP contribution in [-0.2, 0) is 21.3 Å². The maximum absolute atomic E-state index is 11.4. The zero-order valence-corrected chi connectivity index (χ0v) is 12.0. The molecule has 0 amide bonds. The van der Waals surface area contributed by atoms with Crippen molar-refractivity contribution in [3.05, 3.63) is 12.5 Å². The predicted molar refractivity (Wildman–Crippen MR) is 74.9 cm³/mol. The summed E-state index contributed by atoms with van der Waals surface area (Å²) in [4.78, 5) is 22.1. The number of hydrogen-bond donors (Lipinski definition) is 0. The van der Waals surface area contributed by atoms with Gasteiger partial charge in [0, 0.05) is 20.1 Å². The lowest BCUT2D eigenvalue weighted by Crippen LogP contribution is -2.44. The molecule has 1 atom stereocenters. The summed E-state index contributed by atoms with van der Waals surface area (Å²) in [7, 11) is 3.23. The molecule has 2 aromatic heterocycles. The monoisotopic (exact) mass is 291 g/mol. The van der Waals surface area contributed by atoms with Crippen LogP contribution in [0.4, 0.5) is 5.82 Å². The Kier molecular flexibility index (Phi) is 3.70. The molecule has 1 aliphatic rings. The maximum Gasteiger partial charge on any atom is 0.308 e. The number of carbonyl (C=O) groups excluding carboxylic acids is 1. The highest BCUT2D eigenvalue weighted by Crippen LogP contribution is 2.24. The van der Waals surface area contributed by atoms with E-state index < -0.39 is 0 Å². The molecule has 0 aromatic carbocycles. The van der Waals surface area contributed by atoms with Crippen molar-refractivity contribution in [1.29, 1.82) is 0 Å². The molecule has 0 saturated carbocycles. The number of fused-ring (bicyclic) bond motifs is 1. The number of aromatic nitrogens is 4. The van der Waals surface area contributed by atoms with Crippen LogP contribution in [0.3, 0.4) is 0 Å². The number of methoxy groups -OCH3 is 1. The van der Waals surface area contributed by atoms with Gasteiger partial charge in [-0.2, -0.15) is 5.10 Å². The van der Waals surface area contributed by atoms with Crippen LogP contribution in [0.25, 0.3) is 11.0 Å². The van der Waals surface area contributed by atoms with Crippen molar-refractivity contribution < 1.29 is 14.3 Å². The number of hydrogen-bond acceptors (Lipinski definition) is 7. The average Bonchev–Trinajstić information content (AvgIpc) is 2.89. The first-order valence-corrected chi connectivity index (χ1v) is 6.75. The van der Waals surface area contributed by atoms with E-state index >= 15 is 0 Å². The molecule has 0 bridgehead atoms. The smallest absolute Gasteiger partial charge is 0.308 e. The quantitative estimate of drug-likeness (QED) is 0.743. The van der Waals surface area contributed by atoms with E-state index in [4.69, 9.17) is 9.47 Å². The highest BCUT2D eigenvalue weighted by Gasteiger charge is 2.25. The third-order valence-corrected chi connectivity index (χ3v) is 3.57. The molecule has 0 spiro atoms. The molecule has 0 aliphatic carbocycles. The Labute approximate surface area is 121 Å². The molecule has 0 radical (unpaired) electrons. The summed E-state index contributed by atoms with van der Waals surface area (Å²) >= 11 is 0. The molecule has 3 rings (SSSR count). The van der Waals surface area contributed by atoms with Crippen LogP contribution in [0.1, 0.15) is 6.42 Å². The summed E-state index contributed by atoms with van der Waals surface area (Å²) in [5.74, 6) is 0.558. The zero-order chi connectivity index (χ0) is 14.8. The molecule has 1 aliphatic heterocycles. The number of ether oxygens (including phenoxy) is 2. The maximum atomic E-state index is 11.4. The lowest BCUT2D eigenvalue weighted by atomic mass is 10.2. The first-order valence-electron chi connectivity index (χ1n) is 6.75. The van der Waals surface area contributed by atoms with Gasteiger partial charge in [-0.15, -0.1) is 0 Å². The van der Waals surface area contributed by atoms with Crippen molar-refractivity contribution in [2.75, 3.05) is 31.7 Å². The lowest BCUT2D eigenvalue weighted by Gasteiger charge is -2.33. The van der Waals surface area contributed by atoms with Gasteiger partial charge in [-0.25, -0.2) is 9.97 Å². The van der Waals surface area contributed by atoms with Gasteiger partial charge in [0.15, 0.2) is 5.65 Å². The van der Waals surface area contributed by atoms with Crippen LogP contribution in [-0.4, -0.2) is 58.6 Å². The van der Waals surface area contributed by atoms with Crippen LogP contribution in [0.5, 0.6) is 0 Å². The SMILES string of the molecule is COC(=O)CC1CN(c2ncnc3c2cnn3C)CCO1. The first-order chi connectivity index (χ1) is 10.2. The number of carbonyl (C=O) groups is 1. The third-order valence-electron chi connectivity index (χ3n) is 3.57. The molecule has 3 heterocycles. The summed E-state index contributed by atoms with van der Waals surface area (Å²) < 4.78 is 12.0. The van der Waals surface area contributed by atoms with Crippen molar-refractivity contribution in [1.82, 2.24) is 19.7 Å². The number of morpholine rings is 1. The highest BCUT2D eigenvalue weighted by atomic mass is 16.5. The van der Waals surface area contributed by atoms with E-state index in [1.54, 1.807) is 10.9 Å². The van der Waals surface area contributed by atoms with Gasteiger partial charge in [0.1, 0.15) is 12.1 Å². The molecule has 0 N–H and O–H groups in total. The van der Waals surface area contributed by atoms with Crippen molar-refractivity contribution in [3.63, 3.8) is 0 Å². The van der Waals surface area contributed by atoms with E-state index in [9.17, 15) is 4.79 Å². The Bertz CT molecular complexity index is 656. The molecule has 21 heavy (non-hydrogen) atoms. The second kappa shape index (κ2) is 5.65. The fourth-order valence-electron chi connectivity index (χ4n) is 2.51. The van der Waals surface area contributed by atoms with Crippen LogP contribution < -0.4 is 4.90 Å². The zero-order valence-electron chi connectivity index (χ0n) is 12.0. The van der Waals surface area contributed by atoms with Gasteiger partial charge in [-0.05, 0) is 0 Å². The standard InChI is InChI=1S/C13H17N5O3/c1-17-12-10(6-16-17)13(15-8-14-12)18-3-4-21-9(7-18)5-11(19)20-2/h6,8-9H,3-5,7H2,1-2H3. The Balaban J connectivity index is 1.83. The third kappa shape index (κ3) is 2.66. The van der Waals surface area contributed by atoms with Gasteiger partial charge in [-0.3, -0.25) is 9.48 Å². The molecule has 8 nitrogen and oxygen atoms in total. The molecule has 1 saturated heterocycles. The number of aryl methyl sites for hydroxylation is 1. The molecular weight excluding hydrogens is 274 g/mol. The van der Waals surface area contributed by atoms with Crippen molar-refractivity contribution in [2.45, 2.75) is 12.5 Å². The van der Waals surface area contributed by atoms with E-state index in [-0.39, 0.29) is 18.5 Å². The van der Waals surface area contributed by atoms with Gasteiger partial charge >= 0.3 is 5.97 Å². The largest absolute Gasteiger partial charge is 0.469 e. The second-order valence-electron chi connectivity index (χ2n) is 4.92. The summed E-state index contributed by atoms with van der Waals surface area (Å²) in [6, 6.07) is 0. The molecular formula is C13H17N5O3. The molecule has 8 heteroatoms. The Morgan fingerprint density at radius 1 is 1.52 bits per heavy atom. The fourth-order valence-corrected chi connectivity index (χ4v) is 2.51. The van der Waals surface area contributed by atoms with Crippen LogP contribution in [0.15, 0.2) is 12.5 Å². The van der Waals surface area contributed by atoms with E-state index in [0.29, 0.717) is 13.2 Å². The Morgan fingerprint density at radius 3 is 3.19 bits per heavy atom. The highest BCUT2D eigenvalue weighted by molar-refractivity contribution is 5.86. The molecule has 1 fully saturated rings. The predicted octanol–water partition coefficient (Wildman–Crippen LogP) is 0.132. The van der Waals surface area contributed by atoms with Crippen molar-refractivity contribution >= 4 is 22.8 Å². The summed E-state index contributed by atoms with van der Waals surface area (Å²) in [5, 5.41) is 5.12. The average molecular weight is 291 g/mol. The van der Waals surface area contributed by atoms with Crippen LogP contribution in [0, 0.1) is 0 Å². The van der Waals surface area contributed by atoms with Gasteiger partial charge in [-0.1, -0.05) is 0 Å². The second-order valence-corrected chi connectivity index (χ2v) is 4.92. The minimum atomic E-state index is -0.268. The molecule has 112 valence electrons. The summed E-state index contributed by atoms with van der Waals surface area (Å²) in [6.45, 7) is 1.86. The lowest BCUT2D eigenvalue weighted by molar-refractivity contribution is -0.144. The first kappa shape index (κ1) is 13.7. The van der Waals surface area contributed by atoms with E-state index in [1.807, 2.05) is 7.05 Å². The minimum Gasteiger partial charge on any atom is -0.469 e. The van der Waals surface area contributed by atoms with Crippen molar-refractivity contribution in [3.8, 4) is 0 Å². The summed E-state index contributed by atoms with van der Waals surface area (Å²) in [5.41, 5.74) is 0.788. The Hall–Kier alpha value is -2.22. The number of esters is 1. The number of nitrogens with zero attached hydrogens (tertiary/aromatic N) is 5. The van der Waals surface area contributed by atoms with Crippen molar-refractivity contribution in [2.24, 2.45) is 7.05 Å². The van der Waals surface area contributed by atoms with E-state index in [0.717, 1.165) is 23.4 Å². The summed E-state index contributed by atoms with van der Waals surface area (Å²) in [6.07, 6.45) is 3.35. The van der Waals surface area contributed by atoms with Crippen LogP contribution >= 0.6 is 0 Å². The molecule has 2 aromatic rings. The van der Waals surface area contributed by atoms with E-state index in [2.05, 4.69) is 20.0 Å². The van der Waals surface area contributed by atoms with Gasteiger partial charge in [0.2, 0.25) is 0 Å².